The van der Waals surface area contributed by atoms with E-state index in [9.17, 15) is 9.90 Å². The molecular weight excluding hydrogens is 432 g/mol. The molecule has 3 aromatic rings. The minimum Gasteiger partial charge on any atom is -0.507 e. The molecule has 8 heteroatoms. The van der Waals surface area contributed by atoms with E-state index < -0.39 is 5.60 Å². The maximum atomic E-state index is 12.9. The number of nitrogens with two attached hydrogens (primary N) is 1. The molecule has 1 aliphatic heterocycles. The molecule has 0 unspecified atom stereocenters. The van der Waals surface area contributed by atoms with Crippen LogP contribution in [0.4, 0.5) is 10.6 Å². The van der Waals surface area contributed by atoms with Gasteiger partial charge in [-0.3, -0.25) is 0 Å². The molecule has 1 saturated heterocycles. The summed E-state index contributed by atoms with van der Waals surface area (Å²) in [6.07, 6.45) is -0.0237. The molecule has 8 nitrogen and oxygen atoms in total. The number of benzene rings is 2. The molecule has 34 heavy (non-hydrogen) atoms. The van der Waals surface area contributed by atoms with Crippen LogP contribution in [0.25, 0.3) is 11.3 Å². The number of phenols is 1. The highest BCUT2D eigenvalue weighted by Gasteiger charge is 2.34. The minimum atomic E-state index is -0.598. The average Bonchev–Trinajstić information content (AvgIpc) is 2.80. The summed E-state index contributed by atoms with van der Waals surface area (Å²) in [5.41, 5.74) is 7.58. The number of hydrogen-bond donors (Lipinski definition) is 2. The molecule has 2 atom stereocenters. The third kappa shape index (κ3) is 5.57. The van der Waals surface area contributed by atoms with Gasteiger partial charge in [0.2, 0.25) is 0 Å². The number of ether oxygens (including phenoxy) is 2. The van der Waals surface area contributed by atoms with Crippen molar-refractivity contribution in [2.24, 2.45) is 0 Å². The monoisotopic (exact) mass is 462 g/mol. The van der Waals surface area contributed by atoms with Crippen molar-refractivity contribution in [3.8, 4) is 22.8 Å². The van der Waals surface area contributed by atoms with Crippen molar-refractivity contribution < 1.29 is 19.4 Å². The van der Waals surface area contributed by atoms with E-state index in [0.717, 1.165) is 5.56 Å². The molecule has 2 aromatic carbocycles. The standard InChI is InChI=1S/C26H30N4O4/c1-26(2,3)34-25(32)30-15-18(17-9-5-4-6-10-17)13-19(16-30)33-23-14-21(28-29-24(23)27)20-11-7-8-12-22(20)31/h4-12,14,18-19,31H,13,15-16H2,1-3H3,(H2,27,29)/t18-,19+/m0/s1. The van der Waals surface area contributed by atoms with Crippen LogP contribution in [0.3, 0.4) is 0 Å². The van der Waals surface area contributed by atoms with Crippen LogP contribution in [0.5, 0.6) is 11.5 Å². The molecule has 1 aliphatic rings. The Morgan fingerprint density at radius 3 is 2.47 bits per heavy atom. The summed E-state index contributed by atoms with van der Waals surface area (Å²) in [6.45, 7) is 6.43. The molecule has 1 aromatic heterocycles. The van der Waals surface area contributed by atoms with Crippen molar-refractivity contribution >= 4 is 11.9 Å². The number of aromatic nitrogens is 2. The fourth-order valence-electron chi connectivity index (χ4n) is 4.06. The van der Waals surface area contributed by atoms with Crippen LogP contribution in [0, 0.1) is 0 Å². The van der Waals surface area contributed by atoms with Crippen molar-refractivity contribution in [2.75, 3.05) is 18.8 Å². The fraction of sp³-hybridized carbons (Fsp3) is 0.346. The molecule has 0 bridgehead atoms. The van der Waals surface area contributed by atoms with E-state index >= 15 is 0 Å². The van der Waals surface area contributed by atoms with E-state index in [1.807, 2.05) is 39.0 Å². The lowest BCUT2D eigenvalue weighted by Crippen LogP contribution is -2.49. The Hall–Kier alpha value is -3.81. The molecule has 0 saturated carbocycles. The highest BCUT2D eigenvalue weighted by atomic mass is 16.6. The van der Waals surface area contributed by atoms with E-state index in [1.165, 1.54) is 0 Å². The largest absolute Gasteiger partial charge is 0.507 e. The molecular formula is C26H30N4O4. The summed E-state index contributed by atoms with van der Waals surface area (Å²) in [5, 5.41) is 18.3. The van der Waals surface area contributed by atoms with Crippen LogP contribution >= 0.6 is 0 Å². The van der Waals surface area contributed by atoms with Crippen LogP contribution in [-0.2, 0) is 4.74 Å². The molecule has 0 spiro atoms. The molecule has 0 aliphatic carbocycles. The van der Waals surface area contributed by atoms with E-state index in [-0.39, 0.29) is 29.7 Å². The number of hydrogen-bond acceptors (Lipinski definition) is 7. The Bertz CT molecular complexity index is 1150. The SMILES string of the molecule is CC(C)(C)OC(=O)N1C[C@H](Oc2cc(-c3ccccc3O)nnc2N)C[C@H](c2ccccc2)C1. The predicted molar refractivity (Wildman–Crippen MR) is 130 cm³/mol. The number of rotatable bonds is 4. The normalized spacial score (nSPS) is 18.4. The van der Waals surface area contributed by atoms with E-state index in [0.29, 0.717) is 36.5 Å². The van der Waals surface area contributed by atoms with Gasteiger partial charge in [0.15, 0.2) is 11.6 Å². The van der Waals surface area contributed by atoms with Crippen LogP contribution in [0.2, 0.25) is 0 Å². The third-order valence-electron chi connectivity index (χ3n) is 5.59. The zero-order valence-electron chi connectivity index (χ0n) is 19.6. The summed E-state index contributed by atoms with van der Waals surface area (Å²) in [6, 6.07) is 18.6. The highest BCUT2D eigenvalue weighted by Crippen LogP contribution is 2.34. The first-order valence-electron chi connectivity index (χ1n) is 11.3. The van der Waals surface area contributed by atoms with Crippen LogP contribution in [0.1, 0.15) is 38.7 Å². The number of nitrogens with zero attached hydrogens (tertiary/aromatic N) is 3. The van der Waals surface area contributed by atoms with Gasteiger partial charge in [0.05, 0.1) is 6.54 Å². The van der Waals surface area contributed by atoms with Gasteiger partial charge in [0.25, 0.3) is 0 Å². The maximum absolute atomic E-state index is 12.9. The number of anilines is 1. The second kappa shape index (κ2) is 9.59. The van der Waals surface area contributed by atoms with E-state index in [2.05, 4.69) is 22.3 Å². The number of amides is 1. The lowest BCUT2D eigenvalue weighted by atomic mass is 9.89. The van der Waals surface area contributed by atoms with Crippen molar-refractivity contribution in [2.45, 2.75) is 44.8 Å². The van der Waals surface area contributed by atoms with Gasteiger partial charge in [-0.15, -0.1) is 10.2 Å². The Morgan fingerprint density at radius 2 is 1.76 bits per heavy atom. The number of carbonyl (C=O) groups excluding carboxylic acids is 1. The quantitative estimate of drug-likeness (QED) is 0.583. The van der Waals surface area contributed by atoms with Gasteiger partial charge >= 0.3 is 6.09 Å². The Labute approximate surface area is 199 Å². The van der Waals surface area contributed by atoms with Crippen LogP contribution in [-0.4, -0.2) is 51.1 Å². The third-order valence-corrected chi connectivity index (χ3v) is 5.59. The Kier molecular flexibility index (Phi) is 6.58. The second-order valence-electron chi connectivity index (χ2n) is 9.46. The molecule has 178 valence electrons. The predicted octanol–water partition coefficient (Wildman–Crippen LogP) is 4.60. The first kappa shape index (κ1) is 23.4. The zero-order valence-corrected chi connectivity index (χ0v) is 19.6. The maximum Gasteiger partial charge on any atom is 0.410 e. The summed E-state index contributed by atoms with van der Waals surface area (Å²) >= 11 is 0. The first-order chi connectivity index (χ1) is 16.2. The number of piperidine rings is 1. The minimum absolute atomic E-state index is 0.0705. The molecule has 1 amide bonds. The summed E-state index contributed by atoms with van der Waals surface area (Å²) in [5.74, 6) is 0.660. The molecule has 2 heterocycles. The van der Waals surface area contributed by atoms with Gasteiger partial charge < -0.3 is 25.2 Å². The van der Waals surface area contributed by atoms with Crippen LogP contribution < -0.4 is 10.5 Å². The van der Waals surface area contributed by atoms with Crippen LogP contribution in [0.15, 0.2) is 60.7 Å². The van der Waals surface area contributed by atoms with Gasteiger partial charge in [0, 0.05) is 24.1 Å². The summed E-state index contributed by atoms with van der Waals surface area (Å²) < 4.78 is 11.9. The van der Waals surface area contributed by atoms with Gasteiger partial charge in [-0.25, -0.2) is 4.79 Å². The molecule has 0 radical (unpaired) electrons. The van der Waals surface area contributed by atoms with E-state index in [4.69, 9.17) is 15.2 Å². The van der Waals surface area contributed by atoms with Crippen molar-refractivity contribution in [3.05, 3.63) is 66.2 Å². The van der Waals surface area contributed by atoms with Gasteiger partial charge in [-0.1, -0.05) is 42.5 Å². The number of aromatic hydroxyl groups is 1. The number of nitrogen functional groups attached to an aromatic ring is 1. The zero-order chi connectivity index (χ0) is 24.3. The van der Waals surface area contributed by atoms with E-state index in [1.54, 1.807) is 35.2 Å². The molecule has 3 N–H and O–H groups in total. The number of likely N-dealkylation sites (tertiary alicyclic amines) is 1. The smallest absolute Gasteiger partial charge is 0.410 e. The first-order valence-corrected chi connectivity index (χ1v) is 11.3. The average molecular weight is 463 g/mol. The Balaban J connectivity index is 1.60. The summed E-state index contributed by atoms with van der Waals surface area (Å²) in [7, 11) is 0. The molecule has 4 rings (SSSR count). The van der Waals surface area contributed by atoms with Crippen molar-refractivity contribution in [1.82, 2.24) is 15.1 Å². The molecule has 1 fully saturated rings. The Morgan fingerprint density at radius 1 is 1.06 bits per heavy atom. The van der Waals surface area contributed by atoms with Crippen molar-refractivity contribution in [3.63, 3.8) is 0 Å². The van der Waals surface area contributed by atoms with Crippen molar-refractivity contribution in [1.29, 1.82) is 0 Å². The lowest BCUT2D eigenvalue weighted by Gasteiger charge is -2.38. The van der Waals surface area contributed by atoms with Gasteiger partial charge in [-0.2, -0.15) is 0 Å². The highest BCUT2D eigenvalue weighted by molar-refractivity contribution is 5.69. The van der Waals surface area contributed by atoms with Gasteiger partial charge in [-0.05, 0) is 44.9 Å². The van der Waals surface area contributed by atoms with Gasteiger partial charge in [0.1, 0.15) is 23.1 Å². The second-order valence-corrected chi connectivity index (χ2v) is 9.46. The number of para-hydroxylation sites is 1. The summed E-state index contributed by atoms with van der Waals surface area (Å²) in [4.78, 5) is 14.6. The number of phenolic OH excluding ortho intramolecular Hbond substituents is 1. The topological polar surface area (TPSA) is 111 Å². The lowest BCUT2D eigenvalue weighted by molar-refractivity contribution is 0.00429. The number of carbonyl (C=O) groups is 1. The fourth-order valence-corrected chi connectivity index (χ4v) is 4.06.